The second-order valence-corrected chi connectivity index (χ2v) is 4.30. The molecule has 0 saturated carbocycles. The number of likely N-dealkylation sites (N-methyl/N-ethyl adjacent to an activating group) is 1. The molecule has 1 unspecified atom stereocenters. The van der Waals surface area contributed by atoms with Crippen LogP contribution >= 0.6 is 0 Å². The summed E-state index contributed by atoms with van der Waals surface area (Å²) in [6.07, 6.45) is 1.23. The predicted octanol–water partition coefficient (Wildman–Crippen LogP) is 1.76. The summed E-state index contributed by atoms with van der Waals surface area (Å²) < 4.78 is 10.8. The number of hydrogen-bond acceptors (Lipinski definition) is 4. The number of rotatable bonds is 13. The molecule has 1 atom stereocenters. The average molecular weight is 250 g/mol. The molecule has 0 aromatic rings. The van der Waals surface area contributed by atoms with Crippen molar-refractivity contribution >= 4 is 0 Å². The van der Waals surface area contributed by atoms with Gasteiger partial charge in [0, 0.05) is 15.9 Å². The monoisotopic (exact) mass is 250 g/mol. The molecule has 0 bridgehead atoms. The van der Waals surface area contributed by atoms with Crippen LogP contribution in [0, 0.1) is 5.92 Å². The van der Waals surface area contributed by atoms with E-state index in [1.54, 1.807) is 0 Å². The topological polar surface area (TPSA) is 42.5 Å². The van der Waals surface area contributed by atoms with Crippen molar-refractivity contribution < 1.29 is 12.3 Å². The lowest BCUT2D eigenvalue weighted by atomic mass is 10.1. The van der Waals surface area contributed by atoms with Crippen molar-refractivity contribution in [3.63, 3.8) is 0 Å². The average Bonchev–Trinajstić information content (AvgIpc) is 2.35. The van der Waals surface area contributed by atoms with Crippen molar-refractivity contribution in [1.82, 2.24) is 10.6 Å². The van der Waals surface area contributed by atoms with Gasteiger partial charge < -0.3 is 20.1 Å². The van der Waals surface area contributed by atoms with Gasteiger partial charge >= 0.3 is 0 Å². The van der Waals surface area contributed by atoms with Crippen LogP contribution in [0.25, 0.3) is 0 Å². The molecule has 0 amide bonds. The molecule has 0 aliphatic rings. The Labute approximate surface area is 109 Å². The summed E-state index contributed by atoms with van der Waals surface area (Å²) in [7, 11) is 0. The van der Waals surface area contributed by atoms with Crippen LogP contribution in [0.5, 0.6) is 0 Å². The van der Waals surface area contributed by atoms with Crippen LogP contribution in [0.3, 0.4) is 0 Å². The Bertz CT molecular complexity index is 155. The Hall–Kier alpha value is -0.160. The van der Waals surface area contributed by atoms with Crippen LogP contribution in [0.1, 0.15) is 30.0 Å². The number of nitrogens with one attached hydrogen (secondary N) is 2. The second-order valence-electron chi connectivity index (χ2n) is 4.30. The van der Waals surface area contributed by atoms with Crippen LogP contribution in [-0.4, -0.2) is 52.6 Å². The van der Waals surface area contributed by atoms with E-state index in [0.29, 0.717) is 13.2 Å². The first-order chi connectivity index (χ1) is 8.31. The fourth-order valence-corrected chi connectivity index (χ4v) is 1.28. The largest absolute Gasteiger partial charge is 0.378 e. The minimum absolute atomic E-state index is 0. The second kappa shape index (κ2) is 13.9. The lowest BCUT2D eigenvalue weighted by Crippen LogP contribution is -2.25. The third-order valence-corrected chi connectivity index (χ3v) is 2.66. The normalized spacial score (nSPS) is 12.9. The lowest BCUT2D eigenvalue weighted by molar-refractivity contribution is 0.0499. The van der Waals surface area contributed by atoms with Crippen LogP contribution < -0.4 is 10.6 Å². The first kappa shape index (κ1) is 16.8. The molecule has 108 valence electrons. The SMILES string of the molecule is CCNCCOCCOCCNCC(C)CC.[HH].[HH]. The molecular weight excluding hydrogens is 216 g/mol. The first-order valence-electron chi connectivity index (χ1n) is 6.88. The van der Waals surface area contributed by atoms with E-state index in [1.165, 1.54) is 6.42 Å². The van der Waals surface area contributed by atoms with Gasteiger partial charge in [-0.2, -0.15) is 0 Å². The van der Waals surface area contributed by atoms with Gasteiger partial charge in [-0.15, -0.1) is 0 Å². The first-order valence-corrected chi connectivity index (χ1v) is 6.88. The van der Waals surface area contributed by atoms with Crippen LogP contribution in [0.4, 0.5) is 0 Å². The molecule has 4 heteroatoms. The van der Waals surface area contributed by atoms with Gasteiger partial charge in [-0.1, -0.05) is 27.2 Å². The molecule has 0 aromatic carbocycles. The van der Waals surface area contributed by atoms with Crippen molar-refractivity contribution in [3.8, 4) is 0 Å². The van der Waals surface area contributed by atoms with Crippen molar-refractivity contribution in [2.24, 2.45) is 5.92 Å². The summed E-state index contributed by atoms with van der Waals surface area (Å²) in [5.74, 6) is 0.754. The van der Waals surface area contributed by atoms with Gasteiger partial charge in [-0.25, -0.2) is 0 Å². The summed E-state index contributed by atoms with van der Waals surface area (Å²) in [5, 5.41) is 6.59. The fraction of sp³-hybridized carbons (Fsp3) is 1.00. The van der Waals surface area contributed by atoms with E-state index in [1.807, 2.05) is 0 Å². The van der Waals surface area contributed by atoms with Crippen molar-refractivity contribution in [2.75, 3.05) is 52.6 Å². The molecule has 0 spiro atoms. The number of ether oxygens (including phenoxy) is 2. The predicted molar refractivity (Wildman–Crippen MR) is 76.7 cm³/mol. The Morgan fingerprint density at radius 1 is 0.941 bits per heavy atom. The zero-order chi connectivity index (χ0) is 12.8. The van der Waals surface area contributed by atoms with E-state index in [9.17, 15) is 0 Å². The third-order valence-electron chi connectivity index (χ3n) is 2.66. The maximum absolute atomic E-state index is 5.45. The summed E-state index contributed by atoms with van der Waals surface area (Å²) in [4.78, 5) is 0. The zero-order valence-corrected chi connectivity index (χ0v) is 11.8. The maximum atomic E-state index is 5.45. The minimum atomic E-state index is 0. The molecule has 0 rings (SSSR count). The molecule has 0 aliphatic heterocycles. The van der Waals surface area contributed by atoms with E-state index in [2.05, 4.69) is 31.4 Å². The zero-order valence-electron chi connectivity index (χ0n) is 11.8. The summed E-state index contributed by atoms with van der Waals surface area (Å²) in [6, 6.07) is 0. The highest BCUT2D eigenvalue weighted by atomic mass is 16.5. The molecule has 0 heterocycles. The highest BCUT2D eigenvalue weighted by molar-refractivity contribution is 4.53. The highest BCUT2D eigenvalue weighted by Gasteiger charge is 1.96. The van der Waals surface area contributed by atoms with Gasteiger partial charge in [-0.3, -0.25) is 0 Å². The van der Waals surface area contributed by atoms with Gasteiger partial charge in [0.15, 0.2) is 0 Å². The highest BCUT2D eigenvalue weighted by Crippen LogP contribution is 1.96. The van der Waals surface area contributed by atoms with Crippen LogP contribution in [-0.2, 0) is 9.47 Å². The molecule has 0 aliphatic carbocycles. The van der Waals surface area contributed by atoms with Crippen LogP contribution in [0.2, 0.25) is 0 Å². The van der Waals surface area contributed by atoms with E-state index in [4.69, 9.17) is 9.47 Å². The Kier molecular flexibility index (Phi) is 13.8. The van der Waals surface area contributed by atoms with Crippen molar-refractivity contribution in [2.45, 2.75) is 27.2 Å². The number of hydrogen-bond donors (Lipinski definition) is 2. The Morgan fingerprint density at radius 2 is 1.53 bits per heavy atom. The van der Waals surface area contributed by atoms with Crippen molar-refractivity contribution in [3.05, 3.63) is 0 Å². The quantitative estimate of drug-likeness (QED) is 0.489. The molecule has 0 aromatic heterocycles. The molecule has 0 radical (unpaired) electrons. The van der Waals surface area contributed by atoms with Gasteiger partial charge in [-0.05, 0) is 19.0 Å². The Balaban J connectivity index is -0.00000128. The molecule has 17 heavy (non-hydrogen) atoms. The van der Waals surface area contributed by atoms with Gasteiger partial charge in [0.25, 0.3) is 0 Å². The summed E-state index contributed by atoms with van der Waals surface area (Å²) >= 11 is 0. The van der Waals surface area contributed by atoms with Gasteiger partial charge in [0.2, 0.25) is 0 Å². The standard InChI is InChI=1S/C13H30N2O2.2H2/c1-4-13(3)12-15-7-9-17-11-10-16-8-6-14-5-2;;/h13-15H,4-12H2,1-3H3;2*1H. The smallest absolute Gasteiger partial charge is 0.0701 e. The Morgan fingerprint density at radius 3 is 2.06 bits per heavy atom. The van der Waals surface area contributed by atoms with E-state index < -0.39 is 0 Å². The van der Waals surface area contributed by atoms with Gasteiger partial charge in [0.1, 0.15) is 0 Å². The molecule has 0 fully saturated rings. The molecule has 4 nitrogen and oxygen atoms in total. The van der Waals surface area contributed by atoms with Crippen molar-refractivity contribution in [1.29, 1.82) is 0 Å². The molecule has 0 saturated heterocycles. The maximum Gasteiger partial charge on any atom is 0.0701 e. The summed E-state index contributed by atoms with van der Waals surface area (Å²) in [6.45, 7) is 13.4. The summed E-state index contributed by atoms with van der Waals surface area (Å²) in [5.41, 5.74) is 0. The molecule has 2 N–H and O–H groups in total. The van der Waals surface area contributed by atoms with Crippen LogP contribution in [0.15, 0.2) is 0 Å². The van der Waals surface area contributed by atoms with E-state index >= 15 is 0 Å². The molecular formula is C13H34N2O2. The third kappa shape index (κ3) is 13.8. The van der Waals surface area contributed by atoms with Gasteiger partial charge in [0.05, 0.1) is 26.4 Å². The minimum Gasteiger partial charge on any atom is -0.378 e. The fourth-order valence-electron chi connectivity index (χ4n) is 1.28. The van der Waals surface area contributed by atoms with E-state index in [0.717, 1.165) is 45.3 Å². The lowest BCUT2D eigenvalue weighted by Gasteiger charge is -2.10. The van der Waals surface area contributed by atoms with E-state index in [-0.39, 0.29) is 2.85 Å².